The Morgan fingerprint density at radius 3 is 1.53 bits per heavy atom. The predicted octanol–water partition coefficient (Wildman–Crippen LogP) is 1.67. The Balaban J connectivity index is 0.000000356. The third-order valence-electron chi connectivity index (χ3n) is 3.07. The third kappa shape index (κ3) is 13.1. The van der Waals surface area contributed by atoms with Gasteiger partial charge in [-0.2, -0.15) is 0 Å². The van der Waals surface area contributed by atoms with Crippen molar-refractivity contribution in [2.24, 2.45) is 11.5 Å². The van der Waals surface area contributed by atoms with E-state index in [1.165, 1.54) is 19.3 Å². The first-order valence-corrected chi connectivity index (χ1v) is 6.85. The van der Waals surface area contributed by atoms with Gasteiger partial charge in [-0.1, -0.05) is 25.7 Å². The van der Waals surface area contributed by atoms with Gasteiger partial charge in [0.25, 0.3) is 0 Å². The molecule has 112 valence electrons. The Labute approximate surface area is 114 Å². The van der Waals surface area contributed by atoms with Gasteiger partial charge in [0.2, 0.25) is 0 Å². The molecule has 0 atom stereocenters. The van der Waals surface area contributed by atoms with E-state index in [0.29, 0.717) is 19.3 Å². The summed E-state index contributed by atoms with van der Waals surface area (Å²) in [5, 5.41) is 16.4. The maximum absolute atomic E-state index is 9.98. The minimum Gasteiger partial charge on any atom is -0.481 e. The number of aliphatic carboxylic acids is 2. The van der Waals surface area contributed by atoms with Crippen LogP contribution in [-0.2, 0) is 9.59 Å². The van der Waals surface area contributed by atoms with Crippen molar-refractivity contribution in [1.29, 1.82) is 0 Å². The normalized spacial score (nSPS) is 17.2. The van der Waals surface area contributed by atoms with Gasteiger partial charge in [-0.3, -0.25) is 9.59 Å². The minimum atomic E-state index is -0.819. The highest BCUT2D eigenvalue weighted by atomic mass is 16.4. The zero-order valence-corrected chi connectivity index (χ0v) is 11.4. The van der Waals surface area contributed by atoms with E-state index in [4.69, 9.17) is 21.7 Å². The van der Waals surface area contributed by atoms with Crippen molar-refractivity contribution in [2.75, 3.05) is 0 Å². The number of rotatable bonds is 6. The summed E-state index contributed by atoms with van der Waals surface area (Å²) in [5.74, 6) is -1.64. The van der Waals surface area contributed by atoms with Crippen molar-refractivity contribution in [1.82, 2.24) is 0 Å². The average Bonchev–Trinajstić information content (AvgIpc) is 2.28. The van der Waals surface area contributed by atoms with E-state index in [0.717, 1.165) is 12.8 Å². The number of unbranched alkanes of at least 4 members (excludes halogenated alkanes) is 2. The molecule has 1 saturated carbocycles. The molecule has 0 saturated heterocycles. The maximum Gasteiger partial charge on any atom is 0.303 e. The minimum absolute atomic E-state index is 0.139. The van der Waals surface area contributed by atoms with Crippen molar-refractivity contribution in [3.8, 4) is 0 Å². The van der Waals surface area contributed by atoms with E-state index in [9.17, 15) is 9.59 Å². The maximum atomic E-state index is 9.98. The summed E-state index contributed by atoms with van der Waals surface area (Å²) in [6, 6.07) is 0. The predicted molar refractivity (Wildman–Crippen MR) is 72.5 cm³/mol. The van der Waals surface area contributed by atoms with Crippen LogP contribution in [0, 0.1) is 0 Å². The second kappa shape index (κ2) is 9.75. The van der Waals surface area contributed by atoms with Crippen molar-refractivity contribution in [3.63, 3.8) is 0 Å². The van der Waals surface area contributed by atoms with Crippen LogP contribution in [-0.4, -0.2) is 27.8 Å². The summed E-state index contributed by atoms with van der Waals surface area (Å²) in [6.07, 6.45) is 7.86. The molecule has 19 heavy (non-hydrogen) atoms. The van der Waals surface area contributed by atoms with Crippen LogP contribution < -0.4 is 11.5 Å². The highest BCUT2D eigenvalue weighted by Gasteiger charge is 2.21. The van der Waals surface area contributed by atoms with E-state index in [2.05, 4.69) is 0 Å². The first-order valence-electron chi connectivity index (χ1n) is 6.85. The van der Waals surface area contributed by atoms with Crippen LogP contribution in [0.4, 0.5) is 0 Å². The highest BCUT2D eigenvalue weighted by molar-refractivity contribution is 5.67. The number of carboxylic acids is 2. The lowest BCUT2D eigenvalue weighted by Gasteiger charge is -2.28. The van der Waals surface area contributed by atoms with Crippen LogP contribution in [0.5, 0.6) is 0 Å². The Kier molecular flexibility index (Phi) is 9.16. The molecule has 6 nitrogen and oxygen atoms in total. The molecule has 1 aliphatic carbocycles. The molecule has 0 amide bonds. The fraction of sp³-hybridized carbons (Fsp3) is 0.846. The molecule has 1 rings (SSSR count). The standard InChI is InChI=1S/C7H12O4.C6H14N2/c8-6(9)4-2-1-3-5-7(10)11;7-6(8)4-2-1-3-5-6/h1-5H2,(H,8,9)(H,10,11);1-5,7-8H2. The SMILES string of the molecule is NC1(N)CCCCC1.O=C(O)CCCCCC(=O)O. The lowest BCUT2D eigenvalue weighted by Crippen LogP contribution is -2.50. The molecule has 0 spiro atoms. The van der Waals surface area contributed by atoms with Crippen LogP contribution >= 0.6 is 0 Å². The molecule has 0 aliphatic heterocycles. The fourth-order valence-electron chi connectivity index (χ4n) is 1.94. The zero-order chi connectivity index (χ0) is 14.7. The Morgan fingerprint density at radius 1 is 0.842 bits per heavy atom. The van der Waals surface area contributed by atoms with E-state index < -0.39 is 11.9 Å². The van der Waals surface area contributed by atoms with Crippen LogP contribution in [0.15, 0.2) is 0 Å². The summed E-state index contributed by atoms with van der Waals surface area (Å²) >= 11 is 0. The van der Waals surface area contributed by atoms with E-state index in [-0.39, 0.29) is 18.5 Å². The second-order valence-corrected chi connectivity index (χ2v) is 5.14. The number of hydrogen-bond acceptors (Lipinski definition) is 4. The molecular weight excluding hydrogens is 248 g/mol. The number of carboxylic acid groups (broad SMARTS) is 2. The lowest BCUT2D eigenvalue weighted by atomic mass is 9.91. The third-order valence-corrected chi connectivity index (χ3v) is 3.07. The molecule has 0 aromatic carbocycles. The van der Waals surface area contributed by atoms with Gasteiger partial charge in [0.05, 0.1) is 5.66 Å². The lowest BCUT2D eigenvalue weighted by molar-refractivity contribution is -0.137. The van der Waals surface area contributed by atoms with Gasteiger partial charge in [-0.05, 0) is 25.7 Å². The van der Waals surface area contributed by atoms with Gasteiger partial charge in [0.15, 0.2) is 0 Å². The highest BCUT2D eigenvalue weighted by Crippen LogP contribution is 2.20. The van der Waals surface area contributed by atoms with Gasteiger partial charge in [-0.15, -0.1) is 0 Å². The van der Waals surface area contributed by atoms with Gasteiger partial charge in [-0.25, -0.2) is 0 Å². The Morgan fingerprint density at radius 2 is 1.26 bits per heavy atom. The summed E-state index contributed by atoms with van der Waals surface area (Å²) < 4.78 is 0. The summed E-state index contributed by atoms with van der Waals surface area (Å²) in [4.78, 5) is 20.0. The average molecular weight is 274 g/mol. The molecule has 1 fully saturated rings. The zero-order valence-electron chi connectivity index (χ0n) is 11.4. The quantitative estimate of drug-likeness (QED) is 0.431. The first kappa shape index (κ1) is 17.9. The summed E-state index contributed by atoms with van der Waals surface area (Å²) in [7, 11) is 0. The Hall–Kier alpha value is -1.14. The largest absolute Gasteiger partial charge is 0.481 e. The number of hydrogen-bond donors (Lipinski definition) is 4. The van der Waals surface area contributed by atoms with E-state index in [1.54, 1.807) is 0 Å². The molecule has 1 aliphatic rings. The van der Waals surface area contributed by atoms with E-state index >= 15 is 0 Å². The summed E-state index contributed by atoms with van der Waals surface area (Å²) in [6.45, 7) is 0. The number of carbonyl (C=O) groups is 2. The second-order valence-electron chi connectivity index (χ2n) is 5.14. The van der Waals surface area contributed by atoms with Crippen molar-refractivity contribution in [3.05, 3.63) is 0 Å². The number of nitrogens with two attached hydrogens (primary N) is 2. The molecule has 0 bridgehead atoms. The fourth-order valence-corrected chi connectivity index (χ4v) is 1.94. The molecule has 0 heterocycles. The van der Waals surface area contributed by atoms with Gasteiger partial charge < -0.3 is 21.7 Å². The molecule has 0 aromatic rings. The van der Waals surface area contributed by atoms with Crippen molar-refractivity contribution >= 4 is 11.9 Å². The van der Waals surface area contributed by atoms with Gasteiger partial charge in [0, 0.05) is 12.8 Å². The smallest absolute Gasteiger partial charge is 0.303 e. The van der Waals surface area contributed by atoms with E-state index in [1.807, 2.05) is 0 Å². The molecular formula is C13H26N2O4. The molecule has 0 radical (unpaired) electrons. The molecule has 6 heteroatoms. The van der Waals surface area contributed by atoms with Crippen molar-refractivity contribution < 1.29 is 19.8 Å². The first-order chi connectivity index (χ1) is 8.83. The molecule has 6 N–H and O–H groups in total. The van der Waals surface area contributed by atoms with Crippen LogP contribution in [0.2, 0.25) is 0 Å². The van der Waals surface area contributed by atoms with Crippen molar-refractivity contribution in [2.45, 2.75) is 69.9 Å². The molecule has 0 aromatic heterocycles. The van der Waals surface area contributed by atoms with Gasteiger partial charge in [0.1, 0.15) is 0 Å². The monoisotopic (exact) mass is 274 g/mol. The van der Waals surface area contributed by atoms with Crippen LogP contribution in [0.3, 0.4) is 0 Å². The van der Waals surface area contributed by atoms with Gasteiger partial charge >= 0.3 is 11.9 Å². The van der Waals surface area contributed by atoms with Crippen LogP contribution in [0.1, 0.15) is 64.2 Å². The molecule has 0 unspecified atom stereocenters. The summed E-state index contributed by atoms with van der Waals surface area (Å²) in [5.41, 5.74) is 11.0. The topological polar surface area (TPSA) is 127 Å². The Bertz CT molecular complexity index is 256. The van der Waals surface area contributed by atoms with Crippen LogP contribution in [0.25, 0.3) is 0 Å².